The number of nitrogens with one attached hydrogen (secondary N) is 2. The maximum atomic E-state index is 5.74. The zero-order valence-electron chi connectivity index (χ0n) is 16.1. The number of imidazole rings is 1. The highest BCUT2D eigenvalue weighted by atomic mass is 15.4. The highest BCUT2D eigenvalue weighted by molar-refractivity contribution is 5.74. The van der Waals surface area contributed by atoms with Crippen LogP contribution in [0.3, 0.4) is 0 Å². The molecule has 1 aliphatic heterocycles. The highest BCUT2D eigenvalue weighted by Gasteiger charge is 2.14. The Kier molecular flexibility index (Phi) is 5.09. The number of aromatic nitrogens is 4. The molecular weight excluding hydrogens is 354 g/mol. The zero-order valence-corrected chi connectivity index (χ0v) is 16.1. The molecule has 9 nitrogen and oxygen atoms in total. The Morgan fingerprint density at radius 3 is 2.86 bits per heavy atom. The number of nitrogens with zero attached hydrogens (tertiary/aromatic N) is 6. The molecule has 0 amide bonds. The number of hydrogen-bond acceptors (Lipinski definition) is 8. The smallest absolute Gasteiger partial charge is 0.180 e. The van der Waals surface area contributed by atoms with Crippen molar-refractivity contribution in [2.45, 2.75) is 6.92 Å². The fraction of sp³-hybridized carbons (Fsp3) is 0.316. The van der Waals surface area contributed by atoms with Gasteiger partial charge in [-0.05, 0) is 18.6 Å². The fourth-order valence-electron chi connectivity index (χ4n) is 3.37. The van der Waals surface area contributed by atoms with Crippen LogP contribution in [0.25, 0.3) is 11.2 Å². The van der Waals surface area contributed by atoms with Crippen LogP contribution < -0.4 is 21.4 Å². The van der Waals surface area contributed by atoms with E-state index in [4.69, 9.17) is 5.84 Å². The molecule has 3 aromatic heterocycles. The summed E-state index contributed by atoms with van der Waals surface area (Å²) in [5, 5.41) is 8.28. The summed E-state index contributed by atoms with van der Waals surface area (Å²) < 4.78 is 2.00. The van der Waals surface area contributed by atoms with Crippen LogP contribution in [0.15, 0.2) is 43.1 Å². The van der Waals surface area contributed by atoms with Gasteiger partial charge in [0.1, 0.15) is 5.82 Å². The molecule has 9 heteroatoms. The van der Waals surface area contributed by atoms with Crippen molar-refractivity contribution in [1.82, 2.24) is 29.7 Å². The normalized spacial score (nSPS) is 15.1. The van der Waals surface area contributed by atoms with Gasteiger partial charge in [0.2, 0.25) is 0 Å². The summed E-state index contributed by atoms with van der Waals surface area (Å²) >= 11 is 0. The van der Waals surface area contributed by atoms with Gasteiger partial charge >= 0.3 is 0 Å². The molecule has 0 unspecified atom stereocenters. The van der Waals surface area contributed by atoms with E-state index in [1.165, 1.54) is 5.01 Å². The lowest BCUT2D eigenvalue weighted by atomic mass is 10.2. The van der Waals surface area contributed by atoms with E-state index in [1.54, 1.807) is 13.2 Å². The van der Waals surface area contributed by atoms with Crippen LogP contribution in [0.1, 0.15) is 12.6 Å². The molecule has 1 fully saturated rings. The van der Waals surface area contributed by atoms with Gasteiger partial charge in [-0.2, -0.15) is 0 Å². The van der Waals surface area contributed by atoms with E-state index in [0.717, 1.165) is 54.6 Å². The van der Waals surface area contributed by atoms with Gasteiger partial charge in [-0.25, -0.2) is 20.8 Å². The Bertz CT molecular complexity index is 986. The van der Waals surface area contributed by atoms with Crippen LogP contribution in [0, 0.1) is 0 Å². The molecule has 0 bridgehead atoms. The van der Waals surface area contributed by atoms with Crippen molar-refractivity contribution >= 4 is 28.5 Å². The first-order valence-electron chi connectivity index (χ1n) is 9.29. The summed E-state index contributed by atoms with van der Waals surface area (Å²) in [6.07, 6.45) is 9.17. The van der Waals surface area contributed by atoms with Gasteiger partial charge in [-0.3, -0.25) is 4.40 Å². The molecule has 0 saturated carbocycles. The molecule has 0 spiro atoms. The molecule has 1 saturated heterocycles. The molecule has 146 valence electrons. The lowest BCUT2D eigenvalue weighted by molar-refractivity contribution is 0.486. The predicted octanol–water partition coefficient (Wildman–Crippen LogP) is 1.44. The Morgan fingerprint density at radius 1 is 1.25 bits per heavy atom. The summed E-state index contributed by atoms with van der Waals surface area (Å²) in [6, 6.07) is 3.99. The number of hydrogen-bond donors (Lipinski definition) is 3. The van der Waals surface area contributed by atoms with E-state index in [1.807, 2.05) is 42.2 Å². The number of nitrogens with two attached hydrogens (primary N) is 1. The van der Waals surface area contributed by atoms with E-state index in [-0.39, 0.29) is 0 Å². The summed E-state index contributed by atoms with van der Waals surface area (Å²) in [6.45, 7) is 5.86. The van der Waals surface area contributed by atoms with Crippen LogP contribution in [0.4, 0.5) is 17.3 Å². The van der Waals surface area contributed by atoms with Crippen molar-refractivity contribution in [3.05, 3.63) is 48.8 Å². The zero-order chi connectivity index (χ0) is 19.5. The monoisotopic (exact) mass is 379 g/mol. The van der Waals surface area contributed by atoms with Crippen LogP contribution in [-0.2, 0) is 0 Å². The number of pyridine rings is 1. The van der Waals surface area contributed by atoms with Gasteiger partial charge in [0.25, 0.3) is 0 Å². The summed E-state index contributed by atoms with van der Waals surface area (Å²) in [7, 11) is 1.79. The van der Waals surface area contributed by atoms with Crippen LogP contribution in [0.5, 0.6) is 0 Å². The van der Waals surface area contributed by atoms with E-state index >= 15 is 0 Å². The highest BCUT2D eigenvalue weighted by Crippen LogP contribution is 2.24. The average molecular weight is 379 g/mol. The predicted molar refractivity (Wildman–Crippen MR) is 111 cm³/mol. The van der Waals surface area contributed by atoms with Crippen molar-refractivity contribution in [3.63, 3.8) is 0 Å². The second-order valence-electron chi connectivity index (χ2n) is 6.86. The van der Waals surface area contributed by atoms with Crippen molar-refractivity contribution in [3.8, 4) is 0 Å². The number of anilines is 3. The first-order valence-corrected chi connectivity index (χ1v) is 9.29. The Balaban J connectivity index is 1.63. The van der Waals surface area contributed by atoms with Crippen molar-refractivity contribution in [2.24, 2.45) is 5.84 Å². The van der Waals surface area contributed by atoms with Gasteiger partial charge in [0.15, 0.2) is 11.5 Å². The van der Waals surface area contributed by atoms with Crippen LogP contribution in [-0.4, -0.2) is 57.6 Å². The third-order valence-electron chi connectivity index (χ3n) is 4.68. The van der Waals surface area contributed by atoms with Gasteiger partial charge in [-0.1, -0.05) is 0 Å². The maximum absolute atomic E-state index is 5.74. The van der Waals surface area contributed by atoms with Gasteiger partial charge in [0, 0.05) is 69.8 Å². The minimum absolute atomic E-state index is 0.695. The third-order valence-corrected chi connectivity index (χ3v) is 4.68. The van der Waals surface area contributed by atoms with E-state index in [0.29, 0.717) is 5.82 Å². The molecule has 4 heterocycles. The molecular formula is C19H25N9. The van der Waals surface area contributed by atoms with Gasteiger partial charge in [0.05, 0.1) is 11.9 Å². The Morgan fingerprint density at radius 2 is 2.07 bits per heavy atom. The quantitative estimate of drug-likeness (QED) is 0.452. The van der Waals surface area contributed by atoms with E-state index in [9.17, 15) is 0 Å². The molecule has 4 N–H and O–H groups in total. The number of rotatable bonds is 5. The topological polar surface area (TPSA) is 99.6 Å². The lowest BCUT2D eigenvalue weighted by Crippen LogP contribution is -2.43. The molecule has 1 aliphatic rings. The number of fused-ring (bicyclic) bond motifs is 1. The second kappa shape index (κ2) is 7.83. The third kappa shape index (κ3) is 3.75. The number of allylic oxidation sites excluding steroid dienone is 1. The summed E-state index contributed by atoms with van der Waals surface area (Å²) in [4.78, 5) is 15.8. The summed E-state index contributed by atoms with van der Waals surface area (Å²) in [5.74, 6) is 7.40. The fourth-order valence-corrected chi connectivity index (χ4v) is 3.37. The maximum Gasteiger partial charge on any atom is 0.180 e. The summed E-state index contributed by atoms with van der Waals surface area (Å²) in [5.41, 5.74) is 3.67. The SMILES string of the molecule is C/C(=C\N(C)N)c1cnc2c(Nc3ccnc(N4CCNCC4)c3)nccn12. The van der Waals surface area contributed by atoms with Crippen LogP contribution in [0.2, 0.25) is 0 Å². The molecule has 0 aliphatic carbocycles. The standard InChI is InChI=1S/C19H25N9/c1-14(13-26(2)20)16-12-24-19-18(23-7-10-28(16)19)25-15-3-4-22-17(11-15)27-8-5-21-6-9-27/h3-4,7,10-13,21H,5-6,8-9,20H2,1-2H3,(H,22,23,25)/b14-13+. The molecule has 0 atom stereocenters. The molecule has 4 rings (SSSR count). The first kappa shape index (κ1) is 18.2. The van der Waals surface area contributed by atoms with Crippen molar-refractivity contribution in [2.75, 3.05) is 43.4 Å². The van der Waals surface area contributed by atoms with E-state index in [2.05, 4.69) is 36.6 Å². The minimum Gasteiger partial charge on any atom is -0.354 e. The Hall–Kier alpha value is -3.17. The average Bonchev–Trinajstić information content (AvgIpc) is 3.14. The number of hydrazine groups is 1. The lowest BCUT2D eigenvalue weighted by Gasteiger charge is -2.28. The molecule has 0 radical (unpaired) electrons. The van der Waals surface area contributed by atoms with Crippen LogP contribution >= 0.6 is 0 Å². The minimum atomic E-state index is 0.695. The second-order valence-corrected chi connectivity index (χ2v) is 6.86. The van der Waals surface area contributed by atoms with Crippen molar-refractivity contribution < 1.29 is 0 Å². The van der Waals surface area contributed by atoms with Gasteiger partial charge in [-0.15, -0.1) is 0 Å². The molecule has 0 aromatic carbocycles. The number of piperazine rings is 1. The van der Waals surface area contributed by atoms with Crippen molar-refractivity contribution in [1.29, 1.82) is 0 Å². The van der Waals surface area contributed by atoms with Gasteiger partial charge < -0.3 is 20.5 Å². The molecule has 28 heavy (non-hydrogen) atoms. The molecule has 3 aromatic rings. The largest absolute Gasteiger partial charge is 0.354 e. The first-order chi connectivity index (χ1) is 13.6. The Labute approximate surface area is 163 Å². The van der Waals surface area contributed by atoms with E-state index < -0.39 is 0 Å².